The Bertz CT molecular complexity index is 2690. The molecule has 1 aliphatic carbocycles. The van der Waals surface area contributed by atoms with Gasteiger partial charge in [-0.15, -0.1) is 40.1 Å². The first-order chi connectivity index (χ1) is 24.6. The van der Waals surface area contributed by atoms with Crippen molar-refractivity contribution in [1.82, 2.24) is 0 Å². The first-order valence-electron chi connectivity index (χ1n) is 16.6. The number of halogens is 4. The Morgan fingerprint density at radius 3 is 1.52 bits per heavy atom. The molecule has 0 atom stereocenters. The van der Waals surface area contributed by atoms with E-state index in [1.165, 1.54) is 92.4 Å². The molecule has 0 amide bonds. The summed E-state index contributed by atoms with van der Waals surface area (Å²) in [6, 6.07) is 53.4. The van der Waals surface area contributed by atoms with E-state index in [0.717, 1.165) is 27.2 Å². The molecule has 0 unspecified atom stereocenters. The van der Waals surface area contributed by atoms with Crippen LogP contribution >= 0.6 is 23.2 Å². The van der Waals surface area contributed by atoms with Gasteiger partial charge in [-0.3, -0.25) is 6.08 Å². The quantitative estimate of drug-likeness (QED) is 0.124. The van der Waals surface area contributed by atoms with Crippen LogP contribution in [0.5, 0.6) is 0 Å². The molecule has 0 aromatic heterocycles. The summed E-state index contributed by atoms with van der Waals surface area (Å²) in [5.74, 6) is 0. The van der Waals surface area contributed by atoms with Gasteiger partial charge in [0.2, 0.25) is 0 Å². The zero-order valence-corrected chi connectivity index (χ0v) is 33.4. The van der Waals surface area contributed by atoms with Gasteiger partial charge in [0.25, 0.3) is 0 Å². The fraction of sp³-hybridized carbons (Fsp3) is 0.0213. The zero-order valence-electron chi connectivity index (χ0n) is 27.9. The summed E-state index contributed by atoms with van der Waals surface area (Å²) >= 11 is 14.1. The van der Waals surface area contributed by atoms with Crippen molar-refractivity contribution in [2.75, 3.05) is 0 Å². The molecule has 0 saturated heterocycles. The molecule has 1 aliphatic rings. The molecule has 9 aromatic rings. The summed E-state index contributed by atoms with van der Waals surface area (Å²) in [6.07, 6.45) is 10.0. The van der Waals surface area contributed by atoms with Gasteiger partial charge < -0.3 is 24.8 Å². The summed E-state index contributed by atoms with van der Waals surface area (Å²) in [7, 11) is 0. The largest absolute Gasteiger partial charge is 1.00 e. The van der Waals surface area contributed by atoms with Crippen molar-refractivity contribution in [2.24, 2.45) is 0 Å². The maximum absolute atomic E-state index is 6.38. The first kappa shape index (κ1) is 37.8. The monoisotopic (exact) mass is 824 g/mol. The number of fused-ring (bicyclic) bond motifs is 10. The van der Waals surface area contributed by atoms with Crippen LogP contribution in [-0.2, 0) is 24.2 Å². The van der Waals surface area contributed by atoms with Crippen LogP contribution in [0.4, 0.5) is 0 Å². The molecule has 0 saturated carbocycles. The van der Waals surface area contributed by atoms with Crippen molar-refractivity contribution in [3.8, 4) is 0 Å². The third-order valence-corrected chi connectivity index (χ3v) is 11.0. The minimum Gasteiger partial charge on any atom is -1.00 e. The van der Waals surface area contributed by atoms with Gasteiger partial charge in [0.1, 0.15) is 0 Å². The van der Waals surface area contributed by atoms with Gasteiger partial charge in [0, 0.05) is 0 Å². The van der Waals surface area contributed by atoms with Crippen LogP contribution in [0.1, 0.15) is 17.5 Å². The number of hydrogen-bond acceptors (Lipinski definition) is 0. The number of hydrogen-bond donors (Lipinski definition) is 0. The predicted molar refractivity (Wildman–Crippen MR) is 215 cm³/mol. The maximum Gasteiger partial charge on any atom is -0.0255 e. The van der Waals surface area contributed by atoms with Crippen LogP contribution in [0.15, 0.2) is 170 Å². The van der Waals surface area contributed by atoms with Crippen LogP contribution in [0.25, 0.3) is 64.6 Å². The molecule has 0 nitrogen and oxygen atoms in total. The van der Waals surface area contributed by atoms with Gasteiger partial charge in [-0.2, -0.15) is 6.08 Å². The van der Waals surface area contributed by atoms with Crippen LogP contribution in [0, 0.1) is 6.08 Å². The second-order valence-corrected chi connectivity index (χ2v) is 14.4. The molecule has 0 fully saturated rings. The van der Waals surface area contributed by atoms with E-state index >= 15 is 0 Å². The van der Waals surface area contributed by atoms with E-state index in [0.29, 0.717) is 0 Å². The van der Waals surface area contributed by atoms with E-state index in [9.17, 15) is 0 Å². The Kier molecular flexibility index (Phi) is 12.2. The van der Waals surface area contributed by atoms with Crippen LogP contribution in [-0.4, -0.2) is 3.21 Å². The van der Waals surface area contributed by atoms with Crippen molar-refractivity contribution in [1.29, 1.82) is 0 Å². The Labute approximate surface area is 340 Å². The average Bonchev–Trinajstić information content (AvgIpc) is 3.87. The Morgan fingerprint density at radius 1 is 0.538 bits per heavy atom. The second kappa shape index (κ2) is 16.8. The van der Waals surface area contributed by atoms with Gasteiger partial charge in [-0.05, 0) is 10.8 Å². The van der Waals surface area contributed by atoms with Gasteiger partial charge >= 0.3 is 166 Å². The third-order valence-electron chi connectivity index (χ3n) is 9.28. The molecular formula is C47H30Cl4Zr-2. The van der Waals surface area contributed by atoms with Crippen molar-refractivity contribution in [2.45, 2.75) is 6.42 Å². The Hall–Kier alpha value is -3.94. The minimum absolute atomic E-state index is 0. The third kappa shape index (κ3) is 7.45. The summed E-state index contributed by atoms with van der Waals surface area (Å²) < 4.78 is 1.26. The average molecular weight is 828 g/mol. The standard InChI is InChI=1S/C21H12Cl2.C21H13.C5H5.2ClH.Zr/c22-18-10-14-5-1-3-7-20(14)16(12-18)9-17-13-19(23)11-15-6-2-4-8-21(15)17;1-2-8-15-14(7-1)13-20-18-11-4-3-9-16(18)17-10-5-6-12-19(17)21(15)20;1-2-4-5-3-1;;;/h1-8,10-13H;1-13H;1-3H,4H2;2*1H;/q;2*-1;;;+2/p-2. The van der Waals surface area contributed by atoms with Gasteiger partial charge in [0.05, 0.1) is 0 Å². The van der Waals surface area contributed by atoms with Gasteiger partial charge in [-0.25, -0.2) is 12.2 Å². The summed E-state index contributed by atoms with van der Waals surface area (Å²) in [5, 5.41) is 17.1. The number of allylic oxidation sites excluding steroid dienone is 4. The second-order valence-electron chi connectivity index (χ2n) is 12.3. The molecule has 0 radical (unpaired) electrons. The molecule has 0 bridgehead atoms. The van der Waals surface area contributed by atoms with Crippen LogP contribution in [0.3, 0.4) is 0 Å². The zero-order chi connectivity index (χ0) is 34.0. The van der Waals surface area contributed by atoms with Crippen LogP contribution in [0.2, 0.25) is 10.0 Å². The first-order valence-corrected chi connectivity index (χ1v) is 18.6. The molecule has 9 aromatic carbocycles. The fourth-order valence-electron chi connectivity index (χ4n) is 7.06. The van der Waals surface area contributed by atoms with Crippen molar-refractivity contribution in [3.63, 3.8) is 0 Å². The molecular weight excluding hydrogens is 798 g/mol. The smallest absolute Gasteiger partial charge is 0.0255 e. The molecule has 0 spiro atoms. The van der Waals surface area contributed by atoms with E-state index in [-0.39, 0.29) is 24.8 Å². The molecule has 0 aliphatic heterocycles. The Balaban J connectivity index is 0.000000153. The van der Waals surface area contributed by atoms with E-state index in [2.05, 4.69) is 140 Å². The van der Waals surface area contributed by atoms with E-state index in [1.54, 1.807) is 0 Å². The molecule has 0 heterocycles. The van der Waals surface area contributed by atoms with Crippen LogP contribution < -0.4 is 24.8 Å². The SMILES string of the molecule is Clc1cc([C](=[Zr+2])c2cc(Cl)cc3ccccc23)c2ccccc2c1.[C-]1=CC=CC1.[Cl-].[Cl-].c1ccc2c(c1)[cH-]c1c3ccccc3c3ccccc3c21. The molecule has 0 N–H and O–H groups in total. The fourth-order valence-corrected chi connectivity index (χ4v) is 8.53. The summed E-state index contributed by atoms with van der Waals surface area (Å²) in [6.45, 7) is 0. The van der Waals surface area contributed by atoms with Gasteiger partial charge in [0.15, 0.2) is 0 Å². The van der Waals surface area contributed by atoms with E-state index in [1.807, 2.05) is 36.4 Å². The van der Waals surface area contributed by atoms with Gasteiger partial charge in [-0.1, -0.05) is 77.5 Å². The maximum atomic E-state index is 6.38. The number of rotatable bonds is 2. The Morgan fingerprint density at radius 2 is 1.00 bits per heavy atom. The van der Waals surface area contributed by atoms with Crippen molar-refractivity contribution >= 4 is 91.0 Å². The molecule has 52 heavy (non-hydrogen) atoms. The minimum atomic E-state index is 0. The number of benzene rings is 8. The predicted octanol–water partition coefficient (Wildman–Crippen LogP) is 7.75. The molecule has 10 rings (SSSR count). The molecule has 5 heteroatoms. The summed E-state index contributed by atoms with van der Waals surface area (Å²) in [5.41, 5.74) is 2.37. The van der Waals surface area contributed by atoms with E-state index < -0.39 is 0 Å². The molecule has 252 valence electrons. The van der Waals surface area contributed by atoms with Crippen molar-refractivity contribution < 1.29 is 49.0 Å². The summed E-state index contributed by atoms with van der Waals surface area (Å²) in [4.78, 5) is 0. The van der Waals surface area contributed by atoms with Crippen molar-refractivity contribution in [3.05, 3.63) is 197 Å². The van der Waals surface area contributed by atoms with E-state index in [4.69, 9.17) is 23.2 Å². The normalized spacial score (nSPS) is 11.6. The topological polar surface area (TPSA) is 0 Å².